The third-order valence-electron chi connectivity index (χ3n) is 3.36. The lowest BCUT2D eigenvalue weighted by atomic mass is 10.0. The van der Waals surface area contributed by atoms with Crippen LogP contribution in [0, 0.1) is 0 Å². The number of fused-ring (bicyclic) bond motifs is 3. The molecule has 20 heavy (non-hydrogen) atoms. The van der Waals surface area contributed by atoms with Gasteiger partial charge in [0, 0.05) is 11.1 Å². The summed E-state index contributed by atoms with van der Waals surface area (Å²) in [4.78, 5) is 35.7. The maximum absolute atomic E-state index is 12.3. The van der Waals surface area contributed by atoms with Gasteiger partial charge in [0.15, 0.2) is 16.3 Å². The number of benzene rings is 2. The quantitative estimate of drug-likeness (QED) is 0.570. The molecule has 98 valence electrons. The van der Waals surface area contributed by atoms with Gasteiger partial charge in [0.25, 0.3) is 0 Å². The third kappa shape index (κ3) is 1.46. The molecule has 0 saturated carbocycles. The summed E-state index contributed by atoms with van der Waals surface area (Å²) in [5.74, 6) is 0. The molecule has 3 rings (SSSR count). The molecule has 0 aromatic carbocycles. The van der Waals surface area contributed by atoms with Gasteiger partial charge in [-0.1, -0.05) is 0 Å². The Labute approximate surface area is 111 Å². The minimum Gasteiger partial charge on any atom is -0.515 e. The van der Waals surface area contributed by atoms with Gasteiger partial charge in [-0.25, -0.2) is 0 Å². The van der Waals surface area contributed by atoms with Gasteiger partial charge in [0.2, 0.25) is 0 Å². The largest absolute Gasteiger partial charge is 0.515 e. The molecule has 0 heterocycles. The summed E-state index contributed by atoms with van der Waals surface area (Å²) in [5.41, 5.74) is 0.0589. The van der Waals surface area contributed by atoms with Crippen molar-refractivity contribution in [2.75, 3.05) is 0 Å². The number of hydrogen-bond acceptors (Lipinski definition) is 5. The highest BCUT2D eigenvalue weighted by molar-refractivity contribution is 5.90. The molecule has 0 aliphatic heterocycles. The molecule has 5 heteroatoms. The minimum atomic E-state index is -0.433. The van der Waals surface area contributed by atoms with E-state index in [1.165, 1.54) is 24.3 Å². The van der Waals surface area contributed by atoms with Gasteiger partial charge in [0.05, 0.1) is 23.0 Å². The summed E-state index contributed by atoms with van der Waals surface area (Å²) in [7, 11) is 0. The Kier molecular flexibility index (Phi) is 2.44. The standard InChI is InChI=1S/C15H8O5/c16-5-7-1-11-9(3-13(7)18)10-4-14(19)8(6-17)2-12(10)15(11)20/h1-6,16-17H. The molecule has 2 N–H and O–H groups in total. The fraction of sp³-hybridized carbons (Fsp3) is 0. The van der Waals surface area contributed by atoms with E-state index in [9.17, 15) is 14.4 Å². The lowest BCUT2D eigenvalue weighted by Crippen LogP contribution is -2.24. The summed E-state index contributed by atoms with van der Waals surface area (Å²) in [5, 5.41) is 17.9. The van der Waals surface area contributed by atoms with Crippen molar-refractivity contribution < 1.29 is 10.2 Å². The fourth-order valence-electron chi connectivity index (χ4n) is 2.36. The van der Waals surface area contributed by atoms with Gasteiger partial charge in [-0.2, -0.15) is 0 Å². The summed E-state index contributed by atoms with van der Waals surface area (Å²) in [6.45, 7) is 0. The van der Waals surface area contributed by atoms with E-state index in [1.807, 2.05) is 0 Å². The van der Waals surface area contributed by atoms with Gasteiger partial charge in [-0.15, -0.1) is 0 Å². The molecule has 3 aliphatic carbocycles. The molecular formula is C15H8O5. The predicted molar refractivity (Wildman–Crippen MR) is 74.3 cm³/mol. The van der Waals surface area contributed by atoms with Crippen LogP contribution in [0.25, 0.3) is 34.8 Å². The van der Waals surface area contributed by atoms with Crippen LogP contribution < -0.4 is 26.7 Å². The molecule has 5 nitrogen and oxygen atoms in total. The Bertz CT molecular complexity index is 940. The normalized spacial score (nSPS) is 13.6. The zero-order chi connectivity index (χ0) is 14.4. The monoisotopic (exact) mass is 268 g/mol. The van der Waals surface area contributed by atoms with E-state index in [2.05, 4.69) is 0 Å². The van der Waals surface area contributed by atoms with Crippen LogP contribution in [-0.4, -0.2) is 10.2 Å². The van der Waals surface area contributed by atoms with Crippen LogP contribution in [-0.2, 0) is 0 Å². The second-order valence-corrected chi connectivity index (χ2v) is 4.46. The van der Waals surface area contributed by atoms with Crippen LogP contribution >= 0.6 is 0 Å². The first-order valence-electron chi connectivity index (χ1n) is 5.77. The third-order valence-corrected chi connectivity index (χ3v) is 3.36. The van der Waals surface area contributed by atoms with Crippen molar-refractivity contribution in [2.45, 2.75) is 0 Å². The van der Waals surface area contributed by atoms with Crippen molar-refractivity contribution in [2.24, 2.45) is 0 Å². The average molecular weight is 268 g/mol. The molecule has 0 spiro atoms. The van der Waals surface area contributed by atoms with Crippen LogP contribution in [0.4, 0.5) is 0 Å². The molecule has 0 radical (unpaired) electrons. The predicted octanol–water partition coefficient (Wildman–Crippen LogP) is -0.556. The SMILES string of the molecule is O=c1c2cc(=CO)c(=O)cc-2c2cc(=O)c(=CO)cc1-2. The first kappa shape index (κ1) is 12.1. The van der Waals surface area contributed by atoms with Crippen molar-refractivity contribution in [1.29, 1.82) is 0 Å². The zero-order valence-electron chi connectivity index (χ0n) is 10.1. The van der Waals surface area contributed by atoms with Crippen molar-refractivity contribution in [3.63, 3.8) is 0 Å². The van der Waals surface area contributed by atoms with Crippen LogP contribution in [0.3, 0.4) is 0 Å². The Morgan fingerprint density at radius 3 is 1.40 bits per heavy atom. The Morgan fingerprint density at radius 1 is 0.650 bits per heavy atom. The first-order valence-corrected chi connectivity index (χ1v) is 5.77. The topological polar surface area (TPSA) is 91.7 Å². The molecule has 0 unspecified atom stereocenters. The van der Waals surface area contributed by atoms with Crippen molar-refractivity contribution >= 4 is 12.5 Å². The highest BCUT2D eigenvalue weighted by atomic mass is 16.2. The van der Waals surface area contributed by atoms with Crippen molar-refractivity contribution in [1.82, 2.24) is 0 Å². The Hall–Kier alpha value is -2.95. The summed E-state index contributed by atoms with van der Waals surface area (Å²) >= 11 is 0. The lowest BCUT2D eigenvalue weighted by molar-refractivity contribution is 0.539. The molecule has 0 aromatic rings. The highest BCUT2D eigenvalue weighted by Crippen LogP contribution is 2.30. The van der Waals surface area contributed by atoms with Gasteiger partial charge in [-0.05, 0) is 35.4 Å². The molecule has 0 fully saturated rings. The van der Waals surface area contributed by atoms with E-state index < -0.39 is 10.9 Å². The van der Waals surface area contributed by atoms with Crippen LogP contribution in [0.15, 0.2) is 38.6 Å². The van der Waals surface area contributed by atoms with Crippen molar-refractivity contribution in [3.8, 4) is 22.3 Å². The zero-order valence-corrected chi connectivity index (χ0v) is 10.1. The second-order valence-electron chi connectivity index (χ2n) is 4.46. The summed E-state index contributed by atoms with van der Waals surface area (Å²) in [6, 6.07) is 5.05. The Morgan fingerprint density at radius 2 is 1.05 bits per heavy atom. The molecule has 0 atom stereocenters. The highest BCUT2D eigenvalue weighted by Gasteiger charge is 2.22. The van der Waals surface area contributed by atoms with E-state index in [0.717, 1.165) is 0 Å². The Balaban J connectivity index is 2.65. The summed E-state index contributed by atoms with van der Waals surface area (Å²) < 4.78 is 0. The maximum Gasteiger partial charge on any atom is 0.194 e. The van der Waals surface area contributed by atoms with Gasteiger partial charge < -0.3 is 10.2 Å². The second kappa shape index (κ2) is 4.03. The van der Waals surface area contributed by atoms with Gasteiger partial charge >= 0.3 is 0 Å². The first-order chi connectivity index (χ1) is 9.56. The summed E-state index contributed by atoms with van der Waals surface area (Å²) in [6.07, 6.45) is 1.29. The van der Waals surface area contributed by atoms with Gasteiger partial charge in [-0.3, -0.25) is 14.4 Å². The van der Waals surface area contributed by atoms with E-state index in [4.69, 9.17) is 10.2 Å². The molecule has 0 bridgehead atoms. The lowest BCUT2D eigenvalue weighted by Gasteiger charge is -1.99. The fourth-order valence-corrected chi connectivity index (χ4v) is 2.36. The van der Waals surface area contributed by atoms with E-state index in [0.29, 0.717) is 23.7 Å². The number of rotatable bonds is 0. The molecular weight excluding hydrogens is 260 g/mol. The van der Waals surface area contributed by atoms with Crippen LogP contribution in [0.2, 0.25) is 0 Å². The smallest absolute Gasteiger partial charge is 0.194 e. The van der Waals surface area contributed by atoms with E-state index in [-0.39, 0.29) is 27.0 Å². The molecule has 0 saturated heterocycles. The van der Waals surface area contributed by atoms with Crippen LogP contribution in [0.5, 0.6) is 0 Å². The van der Waals surface area contributed by atoms with E-state index >= 15 is 0 Å². The molecule has 0 aromatic heterocycles. The maximum atomic E-state index is 12.3. The van der Waals surface area contributed by atoms with E-state index in [1.54, 1.807) is 0 Å². The minimum absolute atomic E-state index is 0.0150. The van der Waals surface area contributed by atoms with Crippen molar-refractivity contribution in [3.05, 3.63) is 65.4 Å². The number of hydrogen-bond donors (Lipinski definition) is 2. The van der Waals surface area contributed by atoms with Crippen LogP contribution in [0.1, 0.15) is 0 Å². The number of aliphatic hydroxyl groups excluding tert-OH is 2. The average Bonchev–Trinajstić information content (AvgIpc) is 2.69. The number of aliphatic hydroxyl groups is 2. The molecule has 0 amide bonds. The van der Waals surface area contributed by atoms with Gasteiger partial charge in [0.1, 0.15) is 0 Å². The molecule has 3 aliphatic rings.